The lowest BCUT2D eigenvalue weighted by molar-refractivity contribution is 0.112. The van der Waals surface area contributed by atoms with Gasteiger partial charge in [-0.3, -0.25) is 4.79 Å². The van der Waals surface area contributed by atoms with Crippen molar-refractivity contribution in [2.45, 2.75) is 18.1 Å². The number of rotatable bonds is 2. The second-order valence-electron chi connectivity index (χ2n) is 4.45. The Bertz CT molecular complexity index is 718. The molecule has 3 heterocycles. The summed E-state index contributed by atoms with van der Waals surface area (Å²) in [6, 6.07) is 3.42. The zero-order valence-corrected chi connectivity index (χ0v) is 10.4. The predicted molar refractivity (Wildman–Crippen MR) is 66.3 cm³/mol. The molecule has 0 aliphatic carbocycles. The summed E-state index contributed by atoms with van der Waals surface area (Å²) >= 11 is 0. The molecule has 94 valence electrons. The normalized spacial score (nSPS) is 22.3. The summed E-state index contributed by atoms with van der Waals surface area (Å²) in [6.07, 6.45) is 5.34. The molecule has 3 rings (SSSR count). The van der Waals surface area contributed by atoms with Gasteiger partial charge in [0, 0.05) is 11.8 Å². The van der Waals surface area contributed by atoms with E-state index in [1.54, 1.807) is 28.9 Å². The minimum Gasteiger partial charge on any atom is -0.302 e. The molecule has 5 nitrogen and oxygen atoms in total. The van der Waals surface area contributed by atoms with Gasteiger partial charge in [0.2, 0.25) is 0 Å². The van der Waals surface area contributed by atoms with Crippen molar-refractivity contribution < 1.29 is 13.2 Å². The van der Waals surface area contributed by atoms with Gasteiger partial charge in [-0.05, 0) is 25.0 Å². The van der Waals surface area contributed by atoms with Crippen molar-refractivity contribution in [3.05, 3.63) is 35.9 Å². The molecule has 0 saturated carbocycles. The second-order valence-corrected chi connectivity index (χ2v) is 6.75. The number of aromatic nitrogens is 2. The number of sulfone groups is 1. The second kappa shape index (κ2) is 3.91. The first-order valence-electron chi connectivity index (χ1n) is 5.76. The average molecular weight is 264 g/mol. The summed E-state index contributed by atoms with van der Waals surface area (Å²) in [5, 5.41) is -0.540. The molecule has 0 bridgehead atoms. The highest BCUT2D eigenvalue weighted by Gasteiger charge is 2.35. The number of imidazole rings is 1. The third-order valence-electron chi connectivity index (χ3n) is 3.38. The van der Waals surface area contributed by atoms with Crippen LogP contribution in [0.15, 0.2) is 24.5 Å². The van der Waals surface area contributed by atoms with E-state index < -0.39 is 15.1 Å². The van der Waals surface area contributed by atoms with E-state index in [1.807, 2.05) is 0 Å². The fourth-order valence-corrected chi connectivity index (χ4v) is 4.36. The molecule has 1 aliphatic rings. The number of hydrogen-bond acceptors (Lipinski definition) is 4. The lowest BCUT2D eigenvalue weighted by atomic mass is 10.2. The maximum atomic E-state index is 11.9. The first-order valence-corrected chi connectivity index (χ1v) is 7.48. The van der Waals surface area contributed by atoms with Crippen molar-refractivity contribution in [2.75, 3.05) is 5.75 Å². The molecule has 0 aromatic carbocycles. The summed E-state index contributed by atoms with van der Waals surface area (Å²) in [5.41, 5.74) is 1.18. The Morgan fingerprint density at radius 2 is 2.28 bits per heavy atom. The molecule has 6 heteroatoms. The lowest BCUT2D eigenvalue weighted by Gasteiger charge is -2.08. The summed E-state index contributed by atoms with van der Waals surface area (Å²) < 4.78 is 25.6. The summed E-state index contributed by atoms with van der Waals surface area (Å²) in [4.78, 5) is 15.1. The number of fused-ring (bicyclic) bond motifs is 1. The van der Waals surface area contributed by atoms with E-state index in [0.29, 0.717) is 29.7 Å². The van der Waals surface area contributed by atoms with Gasteiger partial charge in [-0.15, -0.1) is 0 Å². The van der Waals surface area contributed by atoms with Gasteiger partial charge in [-0.1, -0.05) is 0 Å². The molecule has 0 spiro atoms. The van der Waals surface area contributed by atoms with Gasteiger partial charge in [0.1, 0.15) is 11.1 Å². The number of nitrogens with zero attached hydrogens (tertiary/aromatic N) is 2. The van der Waals surface area contributed by atoms with E-state index >= 15 is 0 Å². The molecule has 1 fully saturated rings. The Balaban J connectivity index is 2.23. The number of aldehydes is 1. The van der Waals surface area contributed by atoms with Crippen molar-refractivity contribution >= 4 is 21.6 Å². The van der Waals surface area contributed by atoms with Crippen LogP contribution in [0.25, 0.3) is 5.52 Å². The van der Waals surface area contributed by atoms with Gasteiger partial charge in [0.25, 0.3) is 0 Å². The van der Waals surface area contributed by atoms with Crippen LogP contribution in [0.1, 0.15) is 34.3 Å². The number of carbonyl (C=O) groups is 1. The molecule has 0 N–H and O–H groups in total. The molecular weight excluding hydrogens is 252 g/mol. The van der Waals surface area contributed by atoms with Crippen molar-refractivity contribution in [3.63, 3.8) is 0 Å². The van der Waals surface area contributed by atoms with Crippen LogP contribution in [-0.2, 0) is 9.84 Å². The highest BCUT2D eigenvalue weighted by Crippen LogP contribution is 2.34. The minimum absolute atomic E-state index is 0.222. The van der Waals surface area contributed by atoms with E-state index in [4.69, 9.17) is 0 Å². The predicted octanol–water partition coefficient (Wildman–Crippen LogP) is 1.40. The van der Waals surface area contributed by atoms with Crippen LogP contribution in [0.5, 0.6) is 0 Å². The fraction of sp³-hybridized carbons (Fsp3) is 0.333. The SMILES string of the molecule is O=Cc1cccn2c(C3CCCS3(=O)=O)ncc12. The maximum absolute atomic E-state index is 11.9. The van der Waals surface area contributed by atoms with Crippen molar-refractivity contribution in [1.82, 2.24) is 9.38 Å². The standard InChI is InChI=1S/C12H12N2O3S/c15-8-9-3-1-5-14-10(9)7-13-12(14)11-4-2-6-18(11,16)17/h1,3,5,7-8,11H,2,4,6H2. The summed E-state index contributed by atoms with van der Waals surface area (Å²) in [6.45, 7) is 0. The molecule has 0 radical (unpaired) electrons. The van der Waals surface area contributed by atoms with E-state index in [-0.39, 0.29) is 5.75 Å². The Hall–Kier alpha value is -1.69. The van der Waals surface area contributed by atoms with E-state index in [2.05, 4.69) is 4.98 Å². The van der Waals surface area contributed by atoms with Crippen LogP contribution in [0.4, 0.5) is 0 Å². The summed E-state index contributed by atoms with van der Waals surface area (Å²) in [7, 11) is -3.09. The van der Waals surface area contributed by atoms with Crippen LogP contribution in [0.2, 0.25) is 0 Å². The fourth-order valence-electron chi connectivity index (χ4n) is 2.48. The van der Waals surface area contributed by atoms with Crippen molar-refractivity contribution in [2.24, 2.45) is 0 Å². The largest absolute Gasteiger partial charge is 0.302 e. The van der Waals surface area contributed by atoms with E-state index in [1.165, 1.54) is 0 Å². The van der Waals surface area contributed by atoms with Crippen LogP contribution in [-0.4, -0.2) is 29.8 Å². The Labute approximate surface area is 104 Å². The molecule has 1 aliphatic heterocycles. The van der Waals surface area contributed by atoms with E-state index in [0.717, 1.165) is 6.29 Å². The highest BCUT2D eigenvalue weighted by molar-refractivity contribution is 7.91. The third-order valence-corrected chi connectivity index (χ3v) is 5.55. The number of carbonyl (C=O) groups excluding carboxylic acids is 1. The minimum atomic E-state index is -3.09. The molecule has 2 aromatic heterocycles. The van der Waals surface area contributed by atoms with Crippen LogP contribution in [0.3, 0.4) is 0 Å². The van der Waals surface area contributed by atoms with Gasteiger partial charge < -0.3 is 4.40 Å². The van der Waals surface area contributed by atoms with E-state index in [9.17, 15) is 13.2 Å². The molecule has 18 heavy (non-hydrogen) atoms. The maximum Gasteiger partial charge on any atom is 0.160 e. The lowest BCUT2D eigenvalue weighted by Crippen LogP contribution is -2.11. The van der Waals surface area contributed by atoms with Gasteiger partial charge in [-0.25, -0.2) is 13.4 Å². The number of hydrogen-bond donors (Lipinski definition) is 0. The zero-order chi connectivity index (χ0) is 12.8. The van der Waals surface area contributed by atoms with Gasteiger partial charge >= 0.3 is 0 Å². The van der Waals surface area contributed by atoms with Crippen molar-refractivity contribution in [3.8, 4) is 0 Å². The molecule has 1 atom stereocenters. The Morgan fingerprint density at radius 1 is 1.44 bits per heavy atom. The quantitative estimate of drug-likeness (QED) is 0.769. The average Bonchev–Trinajstić information content (AvgIpc) is 2.91. The van der Waals surface area contributed by atoms with Crippen LogP contribution in [0, 0.1) is 0 Å². The monoisotopic (exact) mass is 264 g/mol. The molecule has 0 amide bonds. The molecular formula is C12H12N2O3S. The highest BCUT2D eigenvalue weighted by atomic mass is 32.2. The molecule has 2 aromatic rings. The topological polar surface area (TPSA) is 68.5 Å². The Morgan fingerprint density at radius 3 is 2.94 bits per heavy atom. The summed E-state index contributed by atoms with van der Waals surface area (Å²) in [5.74, 6) is 0.742. The first-order chi connectivity index (χ1) is 8.63. The molecule has 1 unspecified atom stereocenters. The zero-order valence-electron chi connectivity index (χ0n) is 9.61. The smallest absolute Gasteiger partial charge is 0.160 e. The number of pyridine rings is 1. The first kappa shape index (κ1) is 11.4. The van der Waals surface area contributed by atoms with Crippen molar-refractivity contribution in [1.29, 1.82) is 0 Å². The molecule has 1 saturated heterocycles. The van der Waals surface area contributed by atoms with Gasteiger partial charge in [0.05, 0.1) is 17.5 Å². The van der Waals surface area contributed by atoms with Crippen LogP contribution >= 0.6 is 0 Å². The Kier molecular flexibility index (Phi) is 2.48. The van der Waals surface area contributed by atoms with Gasteiger partial charge in [0.15, 0.2) is 16.1 Å². The van der Waals surface area contributed by atoms with Gasteiger partial charge in [-0.2, -0.15) is 0 Å². The van der Waals surface area contributed by atoms with Crippen LogP contribution < -0.4 is 0 Å². The third kappa shape index (κ3) is 1.56.